The minimum atomic E-state index is -0.656. The van der Waals surface area contributed by atoms with Gasteiger partial charge in [-0.25, -0.2) is 9.59 Å². The molecule has 0 saturated heterocycles. The molecule has 5 heteroatoms. The van der Waals surface area contributed by atoms with Crippen molar-refractivity contribution in [2.75, 3.05) is 18.5 Å². The van der Waals surface area contributed by atoms with Gasteiger partial charge in [0.25, 0.3) is 0 Å². The highest BCUT2D eigenvalue weighted by atomic mass is 16.6. The van der Waals surface area contributed by atoms with Crippen LogP contribution in [0.1, 0.15) is 22.8 Å². The summed E-state index contributed by atoms with van der Waals surface area (Å²) in [6.07, 6.45) is 0. The van der Waals surface area contributed by atoms with Gasteiger partial charge in [-0.3, -0.25) is 0 Å². The fourth-order valence-corrected chi connectivity index (χ4v) is 1.89. The van der Waals surface area contributed by atoms with Gasteiger partial charge in [0.05, 0.1) is 12.2 Å². The first-order valence-corrected chi connectivity index (χ1v) is 5.83. The first-order chi connectivity index (χ1) is 8.63. The van der Waals surface area contributed by atoms with Gasteiger partial charge in [-0.2, -0.15) is 0 Å². The number of cyclic esters (lactones) is 1. The maximum Gasteiger partial charge on any atom is 0.340 e. The molecule has 0 spiro atoms. The molecule has 1 aliphatic rings. The molecule has 1 atom stereocenters. The number of rotatable bonds is 2. The van der Waals surface area contributed by atoms with Gasteiger partial charge in [-0.1, -0.05) is 12.1 Å². The summed E-state index contributed by atoms with van der Waals surface area (Å²) in [6.45, 7) is 3.84. The van der Waals surface area contributed by atoms with Crippen LogP contribution in [0.4, 0.5) is 5.69 Å². The second-order valence-corrected chi connectivity index (χ2v) is 4.04. The Morgan fingerprint density at radius 2 is 2.33 bits per heavy atom. The first-order valence-electron chi connectivity index (χ1n) is 5.83. The van der Waals surface area contributed by atoms with Gasteiger partial charge in [0.1, 0.15) is 6.61 Å². The number of ether oxygens (including phenoxy) is 2. The molecule has 1 unspecified atom stereocenters. The predicted octanol–water partition coefficient (Wildman–Crippen LogP) is 1.51. The SMILES string of the molecule is CCOC(=O)C1COC(=O)c2c(C)cccc2N1. The lowest BCUT2D eigenvalue weighted by Gasteiger charge is -2.15. The summed E-state index contributed by atoms with van der Waals surface area (Å²) in [5.74, 6) is -0.831. The predicted molar refractivity (Wildman–Crippen MR) is 65.5 cm³/mol. The monoisotopic (exact) mass is 249 g/mol. The molecular formula is C13H15NO4. The molecule has 5 nitrogen and oxygen atoms in total. The second-order valence-electron chi connectivity index (χ2n) is 4.04. The average molecular weight is 249 g/mol. The zero-order valence-electron chi connectivity index (χ0n) is 10.4. The van der Waals surface area contributed by atoms with Gasteiger partial charge in [-0.05, 0) is 25.5 Å². The van der Waals surface area contributed by atoms with Crippen LogP contribution in [0, 0.1) is 6.92 Å². The average Bonchev–Trinajstić information content (AvgIpc) is 2.50. The van der Waals surface area contributed by atoms with Crippen LogP contribution >= 0.6 is 0 Å². The zero-order chi connectivity index (χ0) is 13.1. The topological polar surface area (TPSA) is 64.6 Å². The minimum absolute atomic E-state index is 0.0220. The van der Waals surface area contributed by atoms with E-state index in [1.807, 2.05) is 19.1 Å². The number of hydrogen-bond acceptors (Lipinski definition) is 5. The van der Waals surface area contributed by atoms with Crippen molar-refractivity contribution >= 4 is 17.6 Å². The molecule has 1 aromatic carbocycles. The Kier molecular flexibility index (Phi) is 3.50. The summed E-state index contributed by atoms with van der Waals surface area (Å²) in [5.41, 5.74) is 1.90. The summed E-state index contributed by atoms with van der Waals surface area (Å²) in [7, 11) is 0. The van der Waals surface area contributed by atoms with Gasteiger partial charge in [-0.15, -0.1) is 0 Å². The minimum Gasteiger partial charge on any atom is -0.464 e. The zero-order valence-corrected chi connectivity index (χ0v) is 10.4. The maximum absolute atomic E-state index is 11.8. The molecule has 0 fully saturated rings. The van der Waals surface area contributed by atoms with Crippen LogP contribution in [0.2, 0.25) is 0 Å². The smallest absolute Gasteiger partial charge is 0.340 e. The standard InChI is InChI=1S/C13H15NO4/c1-3-17-12(15)10-7-18-13(16)11-8(2)5-4-6-9(11)14-10/h4-6,10,14H,3,7H2,1-2H3. The second kappa shape index (κ2) is 5.08. The van der Waals surface area contributed by atoms with Crippen molar-refractivity contribution in [3.05, 3.63) is 29.3 Å². The van der Waals surface area contributed by atoms with Crippen LogP contribution in [0.15, 0.2) is 18.2 Å². The summed E-state index contributed by atoms with van der Waals surface area (Å²) in [5, 5.41) is 2.99. The molecule has 0 radical (unpaired) electrons. The van der Waals surface area contributed by atoms with Crippen molar-refractivity contribution in [1.29, 1.82) is 0 Å². The Morgan fingerprint density at radius 3 is 3.06 bits per heavy atom. The number of carbonyl (C=O) groups excluding carboxylic acids is 2. The fourth-order valence-electron chi connectivity index (χ4n) is 1.89. The number of hydrogen-bond donors (Lipinski definition) is 1. The van der Waals surface area contributed by atoms with E-state index >= 15 is 0 Å². The Hall–Kier alpha value is -2.04. The van der Waals surface area contributed by atoms with E-state index in [1.165, 1.54) is 0 Å². The molecule has 1 aromatic rings. The molecule has 18 heavy (non-hydrogen) atoms. The summed E-state index contributed by atoms with van der Waals surface area (Å²) in [6, 6.07) is 4.74. The Morgan fingerprint density at radius 1 is 1.56 bits per heavy atom. The molecule has 0 saturated carbocycles. The molecular weight excluding hydrogens is 234 g/mol. The lowest BCUT2D eigenvalue weighted by molar-refractivity contribution is -0.144. The van der Waals surface area contributed by atoms with Crippen molar-refractivity contribution in [2.45, 2.75) is 19.9 Å². The van der Waals surface area contributed by atoms with Gasteiger partial charge >= 0.3 is 11.9 Å². The lowest BCUT2D eigenvalue weighted by atomic mass is 10.1. The quantitative estimate of drug-likeness (QED) is 0.805. The maximum atomic E-state index is 11.8. The van der Waals surface area contributed by atoms with Gasteiger partial charge < -0.3 is 14.8 Å². The van der Waals surface area contributed by atoms with E-state index in [0.29, 0.717) is 17.9 Å². The summed E-state index contributed by atoms with van der Waals surface area (Å²) < 4.78 is 10.0. The largest absolute Gasteiger partial charge is 0.464 e. The van der Waals surface area contributed by atoms with E-state index in [4.69, 9.17) is 9.47 Å². The fraction of sp³-hybridized carbons (Fsp3) is 0.385. The highest BCUT2D eigenvalue weighted by molar-refractivity contribution is 5.99. The number of benzene rings is 1. The van der Waals surface area contributed by atoms with E-state index < -0.39 is 18.0 Å². The van der Waals surface area contributed by atoms with Crippen LogP contribution in [-0.2, 0) is 14.3 Å². The van der Waals surface area contributed by atoms with Crippen molar-refractivity contribution in [1.82, 2.24) is 0 Å². The van der Waals surface area contributed by atoms with Crippen molar-refractivity contribution < 1.29 is 19.1 Å². The number of anilines is 1. The number of aryl methyl sites for hydroxylation is 1. The Labute approximate surface area is 105 Å². The lowest BCUT2D eigenvalue weighted by Crippen LogP contribution is -2.34. The van der Waals surface area contributed by atoms with Gasteiger partial charge in [0.2, 0.25) is 0 Å². The third-order valence-corrected chi connectivity index (χ3v) is 2.76. The summed E-state index contributed by atoms with van der Waals surface area (Å²) >= 11 is 0. The summed E-state index contributed by atoms with van der Waals surface area (Å²) in [4.78, 5) is 23.5. The van der Waals surface area contributed by atoms with Crippen LogP contribution in [-0.4, -0.2) is 31.2 Å². The molecule has 1 N–H and O–H groups in total. The van der Waals surface area contributed by atoms with E-state index in [0.717, 1.165) is 5.56 Å². The van der Waals surface area contributed by atoms with E-state index in [-0.39, 0.29) is 6.61 Å². The molecule has 2 rings (SSSR count). The molecule has 1 heterocycles. The number of fused-ring (bicyclic) bond motifs is 1. The van der Waals surface area contributed by atoms with Gasteiger partial charge in [0, 0.05) is 5.69 Å². The van der Waals surface area contributed by atoms with Crippen molar-refractivity contribution in [2.24, 2.45) is 0 Å². The highest BCUT2D eigenvalue weighted by Crippen LogP contribution is 2.24. The van der Waals surface area contributed by atoms with Crippen LogP contribution in [0.3, 0.4) is 0 Å². The van der Waals surface area contributed by atoms with E-state index in [1.54, 1.807) is 13.0 Å². The van der Waals surface area contributed by atoms with E-state index in [2.05, 4.69) is 5.32 Å². The molecule has 1 aliphatic heterocycles. The molecule has 0 bridgehead atoms. The number of esters is 2. The highest BCUT2D eigenvalue weighted by Gasteiger charge is 2.28. The van der Waals surface area contributed by atoms with Crippen LogP contribution in [0.25, 0.3) is 0 Å². The van der Waals surface area contributed by atoms with E-state index in [9.17, 15) is 9.59 Å². The van der Waals surface area contributed by atoms with Crippen LogP contribution in [0.5, 0.6) is 0 Å². The normalized spacial score (nSPS) is 18.1. The molecule has 0 amide bonds. The Bertz CT molecular complexity index is 484. The van der Waals surface area contributed by atoms with Crippen molar-refractivity contribution in [3.8, 4) is 0 Å². The number of carbonyl (C=O) groups is 2. The van der Waals surface area contributed by atoms with Gasteiger partial charge in [0.15, 0.2) is 6.04 Å². The molecule has 96 valence electrons. The number of nitrogens with one attached hydrogen (secondary N) is 1. The third-order valence-electron chi connectivity index (χ3n) is 2.76. The van der Waals surface area contributed by atoms with Crippen molar-refractivity contribution in [3.63, 3.8) is 0 Å². The molecule has 0 aliphatic carbocycles. The van der Waals surface area contributed by atoms with Crippen LogP contribution < -0.4 is 5.32 Å². The Balaban J connectivity index is 2.31. The third kappa shape index (κ3) is 2.30. The molecule has 0 aromatic heterocycles. The first kappa shape index (κ1) is 12.4.